The van der Waals surface area contributed by atoms with Gasteiger partial charge in [-0.25, -0.2) is 0 Å². The topological polar surface area (TPSA) is 54.9 Å². The third-order valence-corrected chi connectivity index (χ3v) is 4.14. The average molecular weight is 354 g/mol. The number of hydrogen-bond donors (Lipinski definition) is 2. The number of hydrogen-bond acceptors (Lipinski definition) is 3. The number of guanidine groups is 1. The molecule has 6 heteroatoms. The first kappa shape index (κ1) is 19.0. The first-order valence-corrected chi connectivity index (χ1v) is 9.04. The normalized spacial score (nSPS) is 17.9. The Morgan fingerprint density at radius 3 is 3.00 bits per heavy atom. The molecule has 1 saturated heterocycles. The summed E-state index contributed by atoms with van der Waals surface area (Å²) in [6, 6.07) is 7.93. The molecule has 5 nitrogen and oxygen atoms in total. The Hall–Kier alpha value is -1.30. The highest BCUT2D eigenvalue weighted by atomic mass is 35.5. The molecule has 1 unspecified atom stereocenters. The molecule has 0 radical (unpaired) electrons. The molecule has 1 aromatic rings. The lowest BCUT2D eigenvalue weighted by molar-refractivity contribution is 0.0168. The molecule has 0 saturated carbocycles. The van der Waals surface area contributed by atoms with E-state index in [2.05, 4.69) is 21.7 Å². The molecule has 2 rings (SSSR count). The lowest BCUT2D eigenvalue weighted by Crippen LogP contribution is -2.39. The zero-order valence-corrected chi connectivity index (χ0v) is 15.1. The van der Waals surface area contributed by atoms with Crippen molar-refractivity contribution in [2.45, 2.75) is 31.8 Å². The van der Waals surface area contributed by atoms with Crippen molar-refractivity contribution in [1.29, 1.82) is 0 Å². The van der Waals surface area contributed by atoms with Gasteiger partial charge in [-0.15, -0.1) is 0 Å². The summed E-state index contributed by atoms with van der Waals surface area (Å²) in [6.07, 6.45) is 4.45. The Balaban J connectivity index is 1.50. The molecule has 1 aromatic carbocycles. The van der Waals surface area contributed by atoms with Gasteiger partial charge in [-0.05, 0) is 43.4 Å². The predicted molar refractivity (Wildman–Crippen MR) is 98.9 cm³/mol. The van der Waals surface area contributed by atoms with E-state index in [4.69, 9.17) is 21.1 Å². The van der Waals surface area contributed by atoms with Crippen molar-refractivity contribution in [3.8, 4) is 0 Å². The fraction of sp³-hybridized carbons (Fsp3) is 0.611. The van der Waals surface area contributed by atoms with Gasteiger partial charge >= 0.3 is 0 Å². The standard InChI is InChI=1S/C18H28ClN3O2/c1-20-18(22-10-8-15-5-2-6-16(19)13-15)21-9-4-11-23-14-17-7-3-12-24-17/h2,5-6,13,17H,3-4,7-12,14H2,1H3,(H2,20,21,22). The molecule has 1 heterocycles. The Kier molecular flexibility index (Phi) is 8.95. The van der Waals surface area contributed by atoms with Crippen molar-refractivity contribution < 1.29 is 9.47 Å². The maximum absolute atomic E-state index is 5.99. The van der Waals surface area contributed by atoms with E-state index >= 15 is 0 Å². The first-order chi connectivity index (χ1) is 11.8. The van der Waals surface area contributed by atoms with Gasteiger partial charge in [0, 0.05) is 38.4 Å². The smallest absolute Gasteiger partial charge is 0.190 e. The third-order valence-electron chi connectivity index (χ3n) is 3.90. The van der Waals surface area contributed by atoms with E-state index in [1.54, 1.807) is 7.05 Å². The number of aliphatic imine (C=N–C) groups is 1. The molecule has 0 amide bonds. The van der Waals surface area contributed by atoms with Gasteiger partial charge in [0.25, 0.3) is 0 Å². The van der Waals surface area contributed by atoms with Crippen LogP contribution in [0.25, 0.3) is 0 Å². The van der Waals surface area contributed by atoms with Gasteiger partial charge in [-0.3, -0.25) is 4.99 Å². The molecule has 2 N–H and O–H groups in total. The SMILES string of the molecule is CN=C(NCCCOCC1CCCO1)NCCc1cccc(Cl)c1. The minimum absolute atomic E-state index is 0.305. The van der Waals surface area contributed by atoms with Crippen LogP contribution in [-0.2, 0) is 15.9 Å². The van der Waals surface area contributed by atoms with Crippen molar-refractivity contribution in [3.05, 3.63) is 34.9 Å². The highest BCUT2D eigenvalue weighted by Crippen LogP contribution is 2.12. The van der Waals surface area contributed by atoms with Crippen LogP contribution in [0, 0.1) is 0 Å². The van der Waals surface area contributed by atoms with Crippen LogP contribution in [0.5, 0.6) is 0 Å². The van der Waals surface area contributed by atoms with E-state index in [1.807, 2.05) is 18.2 Å². The number of nitrogens with zero attached hydrogens (tertiary/aromatic N) is 1. The minimum Gasteiger partial charge on any atom is -0.379 e. The highest BCUT2D eigenvalue weighted by Gasteiger charge is 2.14. The Labute approximate surface area is 149 Å². The molecule has 0 bridgehead atoms. The van der Waals surface area contributed by atoms with E-state index in [0.29, 0.717) is 12.7 Å². The zero-order valence-electron chi connectivity index (χ0n) is 14.4. The summed E-state index contributed by atoms with van der Waals surface area (Å²) >= 11 is 5.99. The number of nitrogens with one attached hydrogen (secondary N) is 2. The van der Waals surface area contributed by atoms with E-state index in [-0.39, 0.29) is 0 Å². The molecule has 1 atom stereocenters. The molecule has 0 spiro atoms. The molecule has 0 aliphatic carbocycles. The average Bonchev–Trinajstić information content (AvgIpc) is 3.09. The summed E-state index contributed by atoms with van der Waals surface area (Å²) in [7, 11) is 1.78. The molecule has 24 heavy (non-hydrogen) atoms. The second-order valence-electron chi connectivity index (χ2n) is 5.87. The zero-order chi connectivity index (χ0) is 17.0. The van der Waals surface area contributed by atoms with Crippen LogP contribution in [0.3, 0.4) is 0 Å². The first-order valence-electron chi connectivity index (χ1n) is 8.66. The summed E-state index contributed by atoms with van der Waals surface area (Å²) in [4.78, 5) is 4.23. The fourth-order valence-corrected chi connectivity index (χ4v) is 2.82. The molecule has 134 valence electrons. The summed E-state index contributed by atoms with van der Waals surface area (Å²) in [6.45, 7) is 3.99. The molecule has 1 aliphatic heterocycles. The van der Waals surface area contributed by atoms with Crippen LogP contribution in [0.2, 0.25) is 5.02 Å². The molecule has 0 aromatic heterocycles. The van der Waals surface area contributed by atoms with Crippen LogP contribution < -0.4 is 10.6 Å². The lowest BCUT2D eigenvalue weighted by atomic mass is 10.1. The van der Waals surface area contributed by atoms with Gasteiger partial charge in [0.15, 0.2) is 5.96 Å². The van der Waals surface area contributed by atoms with Crippen LogP contribution in [-0.4, -0.2) is 52.0 Å². The Morgan fingerprint density at radius 2 is 2.25 bits per heavy atom. The van der Waals surface area contributed by atoms with Gasteiger partial charge < -0.3 is 20.1 Å². The van der Waals surface area contributed by atoms with Crippen LogP contribution >= 0.6 is 11.6 Å². The minimum atomic E-state index is 0.305. The second-order valence-corrected chi connectivity index (χ2v) is 6.31. The van der Waals surface area contributed by atoms with E-state index in [0.717, 1.165) is 63.0 Å². The number of rotatable bonds is 9. The van der Waals surface area contributed by atoms with Crippen molar-refractivity contribution in [1.82, 2.24) is 10.6 Å². The summed E-state index contributed by atoms with van der Waals surface area (Å²) in [5, 5.41) is 7.38. The summed E-state index contributed by atoms with van der Waals surface area (Å²) < 4.78 is 11.2. The Bertz CT molecular complexity index is 505. The number of ether oxygens (including phenoxy) is 2. The quantitative estimate of drug-likeness (QED) is 0.407. The number of benzene rings is 1. The maximum Gasteiger partial charge on any atom is 0.190 e. The fourth-order valence-electron chi connectivity index (χ4n) is 2.61. The molecular formula is C18H28ClN3O2. The molecule has 1 aliphatic rings. The number of halogens is 1. The Morgan fingerprint density at radius 1 is 1.38 bits per heavy atom. The molecule has 1 fully saturated rings. The van der Waals surface area contributed by atoms with E-state index in [1.165, 1.54) is 5.56 Å². The van der Waals surface area contributed by atoms with Crippen LogP contribution in [0.4, 0.5) is 0 Å². The van der Waals surface area contributed by atoms with Gasteiger partial charge in [-0.2, -0.15) is 0 Å². The van der Waals surface area contributed by atoms with Gasteiger partial charge in [-0.1, -0.05) is 23.7 Å². The maximum atomic E-state index is 5.99. The van der Waals surface area contributed by atoms with E-state index in [9.17, 15) is 0 Å². The van der Waals surface area contributed by atoms with Crippen molar-refractivity contribution in [3.63, 3.8) is 0 Å². The lowest BCUT2D eigenvalue weighted by Gasteiger charge is -2.13. The summed E-state index contributed by atoms with van der Waals surface area (Å²) in [5.41, 5.74) is 1.22. The van der Waals surface area contributed by atoms with Crippen molar-refractivity contribution in [2.75, 3.05) is 40.0 Å². The van der Waals surface area contributed by atoms with Crippen molar-refractivity contribution >= 4 is 17.6 Å². The largest absolute Gasteiger partial charge is 0.379 e. The van der Waals surface area contributed by atoms with Gasteiger partial charge in [0.05, 0.1) is 12.7 Å². The van der Waals surface area contributed by atoms with Crippen molar-refractivity contribution in [2.24, 2.45) is 4.99 Å². The highest BCUT2D eigenvalue weighted by molar-refractivity contribution is 6.30. The van der Waals surface area contributed by atoms with E-state index < -0.39 is 0 Å². The predicted octanol–water partition coefficient (Wildman–Crippen LogP) is 2.63. The molecular weight excluding hydrogens is 326 g/mol. The van der Waals surface area contributed by atoms with Gasteiger partial charge in [0.2, 0.25) is 0 Å². The second kappa shape index (κ2) is 11.3. The third kappa shape index (κ3) is 7.51. The monoisotopic (exact) mass is 353 g/mol. The summed E-state index contributed by atoms with van der Waals surface area (Å²) in [5.74, 6) is 0.816. The van der Waals surface area contributed by atoms with Crippen LogP contribution in [0.15, 0.2) is 29.3 Å². The van der Waals surface area contributed by atoms with Gasteiger partial charge in [0.1, 0.15) is 0 Å². The van der Waals surface area contributed by atoms with Crippen LogP contribution in [0.1, 0.15) is 24.8 Å².